The Bertz CT molecular complexity index is 392. The zero-order valence-electron chi connectivity index (χ0n) is 11.9. The van der Waals surface area contributed by atoms with Crippen LogP contribution in [0.25, 0.3) is 0 Å². The number of carbonyl (C=O) groups is 1. The minimum Gasteiger partial charge on any atom is -0.356 e. The van der Waals surface area contributed by atoms with Crippen LogP contribution in [0.1, 0.15) is 31.7 Å². The van der Waals surface area contributed by atoms with E-state index in [9.17, 15) is 4.79 Å². The van der Waals surface area contributed by atoms with Gasteiger partial charge in [-0.05, 0) is 37.7 Å². The second kappa shape index (κ2) is 8.18. The summed E-state index contributed by atoms with van der Waals surface area (Å²) in [7, 11) is 2.02. The van der Waals surface area contributed by atoms with Crippen LogP contribution in [-0.2, 0) is 4.79 Å². The van der Waals surface area contributed by atoms with E-state index in [0.717, 1.165) is 25.1 Å². The lowest BCUT2D eigenvalue weighted by Crippen LogP contribution is -2.36. The standard InChI is InChI=1S/C15H23ClN2O/c1-4-10-17-15(19)14(11-18(3)5-2)12-6-8-13(16)9-7-12/h6-9,14H,4-5,10-11H2,1-3H3,(H,17,19). The summed E-state index contributed by atoms with van der Waals surface area (Å²) >= 11 is 5.90. The number of benzene rings is 1. The third kappa shape index (κ3) is 5.21. The van der Waals surface area contributed by atoms with Crippen molar-refractivity contribution in [2.75, 3.05) is 26.7 Å². The first-order valence-corrected chi connectivity index (χ1v) is 7.18. The third-order valence-electron chi connectivity index (χ3n) is 3.17. The molecule has 0 aliphatic rings. The van der Waals surface area contributed by atoms with Crippen molar-refractivity contribution < 1.29 is 4.79 Å². The number of hydrogen-bond acceptors (Lipinski definition) is 2. The molecule has 106 valence electrons. The van der Waals surface area contributed by atoms with Crippen LogP contribution in [0.3, 0.4) is 0 Å². The molecule has 0 saturated carbocycles. The fraction of sp³-hybridized carbons (Fsp3) is 0.533. The predicted molar refractivity (Wildman–Crippen MR) is 80.7 cm³/mol. The molecule has 19 heavy (non-hydrogen) atoms. The SMILES string of the molecule is CCCNC(=O)C(CN(C)CC)c1ccc(Cl)cc1. The van der Waals surface area contributed by atoms with Crippen LogP contribution in [0.15, 0.2) is 24.3 Å². The first-order chi connectivity index (χ1) is 9.08. The number of nitrogens with zero attached hydrogens (tertiary/aromatic N) is 1. The highest BCUT2D eigenvalue weighted by molar-refractivity contribution is 6.30. The Morgan fingerprint density at radius 3 is 2.47 bits per heavy atom. The van der Waals surface area contributed by atoms with Crippen LogP contribution in [-0.4, -0.2) is 37.5 Å². The minimum atomic E-state index is -0.145. The van der Waals surface area contributed by atoms with Crippen molar-refractivity contribution >= 4 is 17.5 Å². The zero-order chi connectivity index (χ0) is 14.3. The highest BCUT2D eigenvalue weighted by Gasteiger charge is 2.21. The molecule has 0 saturated heterocycles. The Labute approximate surface area is 120 Å². The van der Waals surface area contributed by atoms with E-state index >= 15 is 0 Å². The van der Waals surface area contributed by atoms with Crippen molar-refractivity contribution in [3.63, 3.8) is 0 Å². The summed E-state index contributed by atoms with van der Waals surface area (Å²) in [6.07, 6.45) is 0.947. The average molecular weight is 283 g/mol. The maximum atomic E-state index is 12.3. The monoisotopic (exact) mass is 282 g/mol. The van der Waals surface area contributed by atoms with Crippen molar-refractivity contribution in [2.45, 2.75) is 26.2 Å². The summed E-state index contributed by atoms with van der Waals surface area (Å²) in [4.78, 5) is 14.4. The van der Waals surface area contributed by atoms with E-state index in [1.165, 1.54) is 0 Å². The van der Waals surface area contributed by atoms with Crippen molar-refractivity contribution in [3.05, 3.63) is 34.9 Å². The van der Waals surface area contributed by atoms with Crippen molar-refractivity contribution in [2.24, 2.45) is 0 Å². The van der Waals surface area contributed by atoms with Gasteiger partial charge in [-0.3, -0.25) is 4.79 Å². The van der Waals surface area contributed by atoms with Gasteiger partial charge >= 0.3 is 0 Å². The van der Waals surface area contributed by atoms with E-state index in [4.69, 9.17) is 11.6 Å². The van der Waals surface area contributed by atoms with Gasteiger partial charge in [0.25, 0.3) is 0 Å². The van der Waals surface area contributed by atoms with Gasteiger partial charge in [-0.15, -0.1) is 0 Å². The highest BCUT2D eigenvalue weighted by atomic mass is 35.5. The molecule has 1 N–H and O–H groups in total. The fourth-order valence-corrected chi connectivity index (χ4v) is 1.97. The second-order valence-electron chi connectivity index (χ2n) is 4.75. The Kier molecular flexibility index (Phi) is 6.89. The van der Waals surface area contributed by atoms with E-state index in [1.54, 1.807) is 0 Å². The number of nitrogens with one attached hydrogen (secondary N) is 1. The molecule has 0 radical (unpaired) electrons. The molecule has 0 aliphatic heterocycles. The van der Waals surface area contributed by atoms with Gasteiger partial charge in [0.2, 0.25) is 5.91 Å². The molecule has 3 nitrogen and oxygen atoms in total. The number of hydrogen-bond donors (Lipinski definition) is 1. The van der Waals surface area contributed by atoms with Gasteiger partial charge in [0, 0.05) is 18.1 Å². The molecule has 1 aromatic carbocycles. The lowest BCUT2D eigenvalue weighted by atomic mass is 9.97. The molecule has 0 fully saturated rings. The van der Waals surface area contributed by atoms with Crippen LogP contribution in [0.4, 0.5) is 0 Å². The largest absolute Gasteiger partial charge is 0.356 e. The van der Waals surface area contributed by atoms with Crippen molar-refractivity contribution in [3.8, 4) is 0 Å². The Morgan fingerprint density at radius 2 is 1.95 bits per heavy atom. The Hall–Kier alpha value is -1.06. The molecule has 0 spiro atoms. The van der Waals surface area contributed by atoms with Gasteiger partial charge in [-0.2, -0.15) is 0 Å². The van der Waals surface area contributed by atoms with Gasteiger partial charge in [0.1, 0.15) is 0 Å². The second-order valence-corrected chi connectivity index (χ2v) is 5.19. The molecule has 1 aromatic rings. The molecule has 1 unspecified atom stereocenters. The quantitative estimate of drug-likeness (QED) is 0.834. The van der Waals surface area contributed by atoms with Crippen molar-refractivity contribution in [1.29, 1.82) is 0 Å². The number of amides is 1. The summed E-state index contributed by atoms with van der Waals surface area (Å²) in [5, 5.41) is 3.67. The summed E-state index contributed by atoms with van der Waals surface area (Å²) in [6, 6.07) is 7.54. The van der Waals surface area contributed by atoms with E-state index in [1.807, 2.05) is 31.3 Å². The molecule has 4 heteroatoms. The topological polar surface area (TPSA) is 32.3 Å². The third-order valence-corrected chi connectivity index (χ3v) is 3.42. The highest BCUT2D eigenvalue weighted by Crippen LogP contribution is 2.20. The van der Waals surface area contributed by atoms with Crippen LogP contribution >= 0.6 is 11.6 Å². The summed E-state index contributed by atoms with van der Waals surface area (Å²) in [6.45, 7) is 6.50. The van der Waals surface area contributed by atoms with Gasteiger partial charge in [-0.25, -0.2) is 0 Å². The minimum absolute atomic E-state index is 0.0875. The number of carbonyl (C=O) groups excluding carboxylic acids is 1. The lowest BCUT2D eigenvalue weighted by Gasteiger charge is -2.23. The number of halogens is 1. The normalized spacial score (nSPS) is 12.5. The average Bonchev–Trinajstić information content (AvgIpc) is 2.43. The molecular formula is C15H23ClN2O. The number of rotatable bonds is 7. The van der Waals surface area contributed by atoms with Crippen LogP contribution in [0.5, 0.6) is 0 Å². The van der Waals surface area contributed by atoms with E-state index in [0.29, 0.717) is 11.6 Å². The Morgan fingerprint density at radius 1 is 1.32 bits per heavy atom. The van der Waals surface area contributed by atoms with Crippen LogP contribution in [0.2, 0.25) is 5.02 Å². The van der Waals surface area contributed by atoms with Gasteiger partial charge in [0.05, 0.1) is 5.92 Å². The molecule has 0 heterocycles. The van der Waals surface area contributed by atoms with Crippen molar-refractivity contribution in [1.82, 2.24) is 10.2 Å². The zero-order valence-corrected chi connectivity index (χ0v) is 12.7. The Balaban J connectivity index is 2.84. The van der Waals surface area contributed by atoms with Gasteiger partial charge < -0.3 is 10.2 Å². The molecule has 0 aliphatic carbocycles. The van der Waals surface area contributed by atoms with E-state index in [2.05, 4.69) is 24.1 Å². The number of likely N-dealkylation sites (N-methyl/N-ethyl adjacent to an activating group) is 1. The van der Waals surface area contributed by atoms with Crippen LogP contribution < -0.4 is 5.32 Å². The van der Waals surface area contributed by atoms with Gasteiger partial charge in [-0.1, -0.05) is 37.6 Å². The predicted octanol–water partition coefficient (Wildman–Crippen LogP) is 2.90. The maximum absolute atomic E-state index is 12.3. The molecule has 1 rings (SSSR count). The summed E-state index contributed by atoms with van der Waals surface area (Å²) < 4.78 is 0. The summed E-state index contributed by atoms with van der Waals surface area (Å²) in [5.74, 6) is -0.0572. The van der Waals surface area contributed by atoms with E-state index in [-0.39, 0.29) is 11.8 Å². The first-order valence-electron chi connectivity index (χ1n) is 6.80. The lowest BCUT2D eigenvalue weighted by molar-refractivity contribution is -0.122. The molecule has 1 amide bonds. The van der Waals surface area contributed by atoms with E-state index < -0.39 is 0 Å². The van der Waals surface area contributed by atoms with Gasteiger partial charge in [0.15, 0.2) is 0 Å². The smallest absolute Gasteiger partial charge is 0.228 e. The molecule has 0 bridgehead atoms. The first kappa shape index (κ1) is 16.0. The molecule has 1 atom stereocenters. The maximum Gasteiger partial charge on any atom is 0.228 e. The molecular weight excluding hydrogens is 260 g/mol. The molecule has 0 aromatic heterocycles. The van der Waals surface area contributed by atoms with Crippen LogP contribution in [0, 0.1) is 0 Å². The fourth-order valence-electron chi connectivity index (χ4n) is 1.85. The summed E-state index contributed by atoms with van der Waals surface area (Å²) in [5.41, 5.74) is 1.01.